The minimum absolute atomic E-state index is 0.184. The fraction of sp³-hybridized carbons (Fsp3) is 0.167. The quantitative estimate of drug-likeness (QED) is 0.392. The maximum atomic E-state index is 6.73. The first-order chi connectivity index (χ1) is 14.6. The lowest BCUT2D eigenvalue weighted by molar-refractivity contribution is 0.253. The van der Waals surface area contributed by atoms with Gasteiger partial charge in [-0.1, -0.05) is 48.0 Å². The first kappa shape index (κ1) is 17.7. The Hall–Kier alpha value is -3.15. The predicted octanol–water partition coefficient (Wildman–Crippen LogP) is 5.65. The van der Waals surface area contributed by atoms with Gasteiger partial charge in [0.05, 0.1) is 17.1 Å². The van der Waals surface area contributed by atoms with Gasteiger partial charge in [-0.15, -0.1) is 0 Å². The van der Waals surface area contributed by atoms with Crippen LogP contribution in [0.15, 0.2) is 66.9 Å². The summed E-state index contributed by atoms with van der Waals surface area (Å²) in [5, 5.41) is 3.91. The highest BCUT2D eigenvalue weighted by molar-refractivity contribution is 6.32. The molecule has 3 N–H and O–H groups in total. The average molecular weight is 414 g/mol. The Morgan fingerprint density at radius 1 is 1.00 bits per heavy atom. The number of pyridine rings is 1. The minimum Gasteiger partial charge on any atom is -0.338 e. The number of imidazole rings is 1. The number of anilines is 2. The van der Waals surface area contributed by atoms with Gasteiger partial charge in [0.2, 0.25) is 0 Å². The van der Waals surface area contributed by atoms with Gasteiger partial charge in [-0.2, -0.15) is 0 Å². The molecule has 0 atom stereocenters. The molecule has 1 aliphatic heterocycles. The summed E-state index contributed by atoms with van der Waals surface area (Å²) in [6.07, 6.45) is 5.05. The Balaban J connectivity index is 1.58. The Labute approximate surface area is 179 Å². The fourth-order valence-electron chi connectivity index (χ4n) is 4.45. The molecule has 148 valence electrons. The molecular weight excluding hydrogens is 394 g/mol. The van der Waals surface area contributed by atoms with Crippen molar-refractivity contribution in [2.24, 2.45) is 5.73 Å². The Morgan fingerprint density at radius 2 is 1.80 bits per heavy atom. The molecule has 1 aliphatic carbocycles. The molecule has 0 radical (unpaired) electrons. The van der Waals surface area contributed by atoms with Crippen molar-refractivity contribution in [2.45, 2.75) is 24.8 Å². The van der Waals surface area contributed by atoms with E-state index in [2.05, 4.69) is 39.1 Å². The first-order valence-electron chi connectivity index (χ1n) is 10.1. The molecule has 0 saturated heterocycles. The zero-order chi connectivity index (χ0) is 20.3. The molecule has 4 aromatic rings. The zero-order valence-corrected chi connectivity index (χ0v) is 17.0. The van der Waals surface area contributed by atoms with E-state index < -0.39 is 0 Å². The summed E-state index contributed by atoms with van der Waals surface area (Å²) < 4.78 is 2.10. The van der Waals surface area contributed by atoms with Crippen LogP contribution in [0.25, 0.3) is 28.3 Å². The largest absolute Gasteiger partial charge is 0.338 e. The van der Waals surface area contributed by atoms with Gasteiger partial charge in [0.25, 0.3) is 0 Å². The standard InChI is InChI=1S/C24H20ClN5/c25-21-20(15-8-10-16(11-9-15)24(26)12-4-13-24)30-19-7-3-14-27-22(19)28-18-6-2-1-5-17(18)23(30)29-21/h1-3,5-11,14H,4,12-13,26H2,(H,27,28). The van der Waals surface area contributed by atoms with E-state index in [0.717, 1.165) is 52.7 Å². The lowest BCUT2D eigenvalue weighted by atomic mass is 9.72. The number of benzene rings is 2. The van der Waals surface area contributed by atoms with Crippen LogP contribution in [0.4, 0.5) is 11.5 Å². The number of halogens is 1. The monoisotopic (exact) mass is 413 g/mol. The van der Waals surface area contributed by atoms with Gasteiger partial charge >= 0.3 is 0 Å². The average Bonchev–Trinajstić information content (AvgIpc) is 3.03. The van der Waals surface area contributed by atoms with Crippen LogP contribution in [-0.4, -0.2) is 14.5 Å². The number of aromatic nitrogens is 3. The molecule has 5 nitrogen and oxygen atoms in total. The van der Waals surface area contributed by atoms with Crippen molar-refractivity contribution in [1.82, 2.24) is 14.5 Å². The summed E-state index contributed by atoms with van der Waals surface area (Å²) >= 11 is 6.73. The summed E-state index contributed by atoms with van der Waals surface area (Å²) in [6.45, 7) is 0. The molecule has 6 heteroatoms. The van der Waals surface area contributed by atoms with Gasteiger partial charge in [0.15, 0.2) is 11.0 Å². The van der Waals surface area contributed by atoms with Crippen LogP contribution in [0, 0.1) is 0 Å². The Morgan fingerprint density at radius 3 is 2.57 bits per heavy atom. The van der Waals surface area contributed by atoms with Gasteiger partial charge in [-0.25, -0.2) is 9.97 Å². The van der Waals surface area contributed by atoms with Crippen LogP contribution in [-0.2, 0) is 5.54 Å². The molecule has 0 spiro atoms. The number of para-hydroxylation sites is 1. The smallest absolute Gasteiger partial charge is 0.156 e. The number of nitrogens with zero attached hydrogens (tertiary/aromatic N) is 3. The normalized spacial score (nSPS) is 15.8. The second-order valence-corrected chi connectivity index (χ2v) is 8.40. The van der Waals surface area contributed by atoms with Crippen LogP contribution in [0.2, 0.25) is 5.15 Å². The highest BCUT2D eigenvalue weighted by Crippen LogP contribution is 2.44. The predicted molar refractivity (Wildman–Crippen MR) is 120 cm³/mol. The van der Waals surface area contributed by atoms with Gasteiger partial charge in [-0.3, -0.25) is 4.57 Å². The second kappa shape index (κ2) is 6.42. The summed E-state index contributed by atoms with van der Waals surface area (Å²) in [5.74, 6) is 1.56. The van der Waals surface area contributed by atoms with Crippen molar-refractivity contribution >= 4 is 23.1 Å². The van der Waals surface area contributed by atoms with Crippen molar-refractivity contribution in [3.05, 3.63) is 77.6 Å². The van der Waals surface area contributed by atoms with E-state index in [4.69, 9.17) is 22.3 Å². The van der Waals surface area contributed by atoms with Crippen LogP contribution in [0.1, 0.15) is 24.8 Å². The molecule has 2 aromatic carbocycles. The van der Waals surface area contributed by atoms with Crippen LogP contribution < -0.4 is 11.1 Å². The number of nitrogens with one attached hydrogen (secondary N) is 1. The Bertz CT molecular complexity index is 1270. The summed E-state index contributed by atoms with van der Waals surface area (Å²) in [5.41, 5.74) is 12.2. The number of nitrogens with two attached hydrogens (primary N) is 1. The highest BCUT2D eigenvalue weighted by Gasteiger charge is 2.34. The SMILES string of the molecule is NC1(c2ccc(-c3c(Cl)nc4n3-c3cccnc3Nc3ccccc3-4)cc2)CCC1. The van der Waals surface area contributed by atoms with Crippen molar-refractivity contribution in [2.75, 3.05) is 5.32 Å². The molecule has 6 rings (SSSR count). The van der Waals surface area contributed by atoms with Gasteiger partial charge in [-0.05, 0) is 49.1 Å². The van der Waals surface area contributed by atoms with Crippen molar-refractivity contribution in [1.29, 1.82) is 0 Å². The molecular formula is C24H20ClN5. The number of rotatable bonds is 2. The maximum Gasteiger partial charge on any atom is 0.156 e. The summed E-state index contributed by atoms with van der Waals surface area (Å²) in [7, 11) is 0. The fourth-order valence-corrected chi connectivity index (χ4v) is 4.73. The lowest BCUT2D eigenvalue weighted by Gasteiger charge is -2.38. The van der Waals surface area contributed by atoms with Crippen LogP contribution in [0.5, 0.6) is 0 Å². The third-order valence-corrected chi connectivity index (χ3v) is 6.53. The number of hydrogen-bond donors (Lipinski definition) is 2. The third-order valence-electron chi connectivity index (χ3n) is 6.26. The molecule has 2 aromatic heterocycles. The van der Waals surface area contributed by atoms with Crippen molar-refractivity contribution < 1.29 is 0 Å². The van der Waals surface area contributed by atoms with E-state index in [1.807, 2.05) is 36.4 Å². The molecule has 0 unspecified atom stereocenters. The molecule has 1 fully saturated rings. The van der Waals surface area contributed by atoms with Gasteiger partial charge in [0.1, 0.15) is 5.82 Å². The van der Waals surface area contributed by atoms with Crippen LogP contribution >= 0.6 is 11.6 Å². The van der Waals surface area contributed by atoms with E-state index in [0.29, 0.717) is 5.15 Å². The molecule has 30 heavy (non-hydrogen) atoms. The highest BCUT2D eigenvalue weighted by atomic mass is 35.5. The molecule has 1 saturated carbocycles. The van der Waals surface area contributed by atoms with E-state index in [-0.39, 0.29) is 5.54 Å². The van der Waals surface area contributed by atoms with E-state index >= 15 is 0 Å². The lowest BCUT2D eigenvalue weighted by Crippen LogP contribution is -2.43. The number of hydrogen-bond acceptors (Lipinski definition) is 4. The van der Waals surface area contributed by atoms with E-state index in [9.17, 15) is 0 Å². The molecule has 3 heterocycles. The molecule has 0 amide bonds. The topological polar surface area (TPSA) is 68.8 Å². The van der Waals surface area contributed by atoms with Gasteiger partial charge < -0.3 is 11.1 Å². The summed E-state index contributed by atoms with van der Waals surface area (Å²) in [4.78, 5) is 9.33. The van der Waals surface area contributed by atoms with E-state index in [1.165, 1.54) is 12.0 Å². The number of fused-ring (bicyclic) bond motifs is 5. The van der Waals surface area contributed by atoms with Gasteiger partial charge in [0, 0.05) is 22.9 Å². The first-order valence-corrected chi connectivity index (χ1v) is 10.5. The molecule has 0 bridgehead atoms. The minimum atomic E-state index is -0.184. The Kier molecular flexibility index (Phi) is 3.79. The zero-order valence-electron chi connectivity index (χ0n) is 16.3. The second-order valence-electron chi connectivity index (χ2n) is 8.04. The van der Waals surface area contributed by atoms with Crippen LogP contribution in [0.3, 0.4) is 0 Å². The van der Waals surface area contributed by atoms with E-state index in [1.54, 1.807) is 6.20 Å². The van der Waals surface area contributed by atoms with Crippen molar-refractivity contribution in [3.63, 3.8) is 0 Å². The molecule has 2 aliphatic rings. The summed E-state index contributed by atoms with van der Waals surface area (Å²) in [6, 6.07) is 20.5. The third kappa shape index (κ3) is 2.52. The van der Waals surface area contributed by atoms with Crippen molar-refractivity contribution in [3.8, 4) is 28.3 Å². The maximum absolute atomic E-state index is 6.73.